The smallest absolute Gasteiger partial charge is 0.0273 e. The molecule has 7 aromatic rings. The Morgan fingerprint density at radius 1 is 0.239 bits per heavy atom. The van der Waals surface area contributed by atoms with Crippen molar-refractivity contribution in [3.05, 3.63) is 181 Å². The van der Waals surface area contributed by atoms with Crippen molar-refractivity contribution in [2.45, 2.75) is 0 Å². The summed E-state index contributed by atoms with van der Waals surface area (Å²) in [6, 6.07) is 37.0. The predicted molar refractivity (Wildman–Crippen MR) is 184 cm³/mol. The fourth-order valence-electron chi connectivity index (χ4n) is 5.17. The normalized spacial score (nSPS) is 10.3. The Morgan fingerprint density at radius 2 is 0.478 bits per heavy atom. The summed E-state index contributed by atoms with van der Waals surface area (Å²) in [7, 11) is 0. The maximum Gasteiger partial charge on any atom is 0.0273 e. The maximum atomic E-state index is 4.17. The second-order valence-corrected chi connectivity index (χ2v) is 10.6. The molecule has 0 bridgehead atoms. The summed E-state index contributed by atoms with van der Waals surface area (Å²) in [5.41, 5.74) is 12.4. The molecule has 4 heterocycles. The molecule has 0 saturated carbocycles. The van der Waals surface area contributed by atoms with Crippen LogP contribution in [0.4, 0.5) is 0 Å². The molecule has 0 radical (unpaired) electrons. The molecule has 0 atom stereocenters. The number of pyridine rings is 4. The average molecular weight is 587 g/mol. The van der Waals surface area contributed by atoms with E-state index in [1.165, 1.54) is 0 Å². The molecule has 0 unspecified atom stereocenters. The molecule has 4 nitrogen and oxygen atoms in total. The molecule has 0 amide bonds. The minimum atomic E-state index is 0.921. The van der Waals surface area contributed by atoms with Crippen LogP contribution in [-0.4, -0.2) is 19.9 Å². The van der Waals surface area contributed by atoms with Gasteiger partial charge in [-0.05, 0) is 154 Å². The fourth-order valence-corrected chi connectivity index (χ4v) is 5.17. The molecule has 46 heavy (non-hydrogen) atoms. The van der Waals surface area contributed by atoms with Crippen molar-refractivity contribution in [1.29, 1.82) is 0 Å². The van der Waals surface area contributed by atoms with Crippen LogP contribution >= 0.6 is 0 Å². The van der Waals surface area contributed by atoms with Crippen LogP contribution in [0.1, 0.15) is 22.3 Å². The molecule has 4 heteroatoms. The van der Waals surface area contributed by atoms with Crippen LogP contribution in [0.2, 0.25) is 0 Å². The maximum absolute atomic E-state index is 4.17. The third-order valence-electron chi connectivity index (χ3n) is 7.51. The SMILES string of the molecule is C(#Cc1cc(-c2ccncc2)cc(-c2ccncc2)c1)c1ccc(C#Cc2cc(-c3ccncc3)cc(-c3ccncc3)c2)cc1. The van der Waals surface area contributed by atoms with Crippen LogP contribution in [0.25, 0.3) is 44.5 Å². The van der Waals surface area contributed by atoms with E-state index in [1.54, 1.807) is 0 Å². The van der Waals surface area contributed by atoms with Gasteiger partial charge in [0.15, 0.2) is 0 Å². The molecule has 0 aliphatic heterocycles. The largest absolute Gasteiger partial charge is 0.265 e. The predicted octanol–water partition coefficient (Wildman–Crippen LogP) is 8.73. The molecule has 0 fully saturated rings. The average Bonchev–Trinajstić information content (AvgIpc) is 3.15. The van der Waals surface area contributed by atoms with Crippen LogP contribution in [0.3, 0.4) is 0 Å². The van der Waals surface area contributed by atoms with Gasteiger partial charge in [0.2, 0.25) is 0 Å². The van der Waals surface area contributed by atoms with Gasteiger partial charge in [-0.1, -0.05) is 23.7 Å². The highest BCUT2D eigenvalue weighted by Crippen LogP contribution is 2.29. The van der Waals surface area contributed by atoms with Gasteiger partial charge in [-0.2, -0.15) is 0 Å². The van der Waals surface area contributed by atoms with Crippen molar-refractivity contribution in [3.63, 3.8) is 0 Å². The van der Waals surface area contributed by atoms with Crippen LogP contribution < -0.4 is 0 Å². The Balaban J connectivity index is 1.17. The summed E-state index contributed by atoms with van der Waals surface area (Å²) in [4.78, 5) is 16.7. The lowest BCUT2D eigenvalue weighted by atomic mass is 9.97. The lowest BCUT2D eigenvalue weighted by Crippen LogP contribution is -1.87. The monoisotopic (exact) mass is 586 g/mol. The first kappa shape index (κ1) is 28.2. The van der Waals surface area contributed by atoms with Crippen LogP contribution in [0.5, 0.6) is 0 Å². The van der Waals surface area contributed by atoms with Gasteiger partial charge in [0.25, 0.3) is 0 Å². The minimum Gasteiger partial charge on any atom is -0.265 e. The number of hydrogen-bond donors (Lipinski definition) is 0. The Hall–Kier alpha value is -6.62. The zero-order chi connectivity index (χ0) is 31.0. The first-order valence-corrected chi connectivity index (χ1v) is 14.8. The van der Waals surface area contributed by atoms with Crippen molar-refractivity contribution in [2.75, 3.05) is 0 Å². The Bertz CT molecular complexity index is 1950. The van der Waals surface area contributed by atoms with Crippen molar-refractivity contribution in [2.24, 2.45) is 0 Å². The summed E-state index contributed by atoms with van der Waals surface area (Å²) in [5, 5.41) is 0. The molecule has 0 aliphatic rings. The van der Waals surface area contributed by atoms with Crippen molar-refractivity contribution in [1.82, 2.24) is 19.9 Å². The molecule has 0 saturated heterocycles. The van der Waals surface area contributed by atoms with E-state index in [1.807, 2.05) is 122 Å². The Labute approximate surface area is 268 Å². The highest BCUT2D eigenvalue weighted by molar-refractivity contribution is 5.76. The third kappa shape index (κ3) is 6.79. The van der Waals surface area contributed by atoms with Gasteiger partial charge in [-0.15, -0.1) is 0 Å². The molecule has 7 rings (SSSR count). The van der Waals surface area contributed by atoms with Gasteiger partial charge in [0.1, 0.15) is 0 Å². The van der Waals surface area contributed by atoms with E-state index >= 15 is 0 Å². The van der Waals surface area contributed by atoms with Crippen LogP contribution in [0.15, 0.2) is 159 Å². The standard InChI is InChI=1S/C42H26N4/c1-2-32(6-8-34-27-41(37-13-21-45-22-14-37)30-42(28-34)38-15-23-46-24-16-38)4-3-31(1)5-7-33-25-39(35-9-17-43-18-10-35)29-40(26-33)36-11-19-44-20-12-36/h1-4,9-30H. The lowest BCUT2D eigenvalue weighted by Gasteiger charge is -2.08. The summed E-state index contributed by atoms with van der Waals surface area (Å²) in [5.74, 6) is 13.4. The molecule has 0 N–H and O–H groups in total. The van der Waals surface area contributed by atoms with Gasteiger partial charge in [0.05, 0.1) is 0 Å². The summed E-state index contributed by atoms with van der Waals surface area (Å²) in [6.07, 6.45) is 14.5. The van der Waals surface area contributed by atoms with Crippen molar-refractivity contribution in [3.8, 4) is 68.2 Å². The first-order valence-electron chi connectivity index (χ1n) is 14.8. The van der Waals surface area contributed by atoms with E-state index in [-0.39, 0.29) is 0 Å². The molecule has 3 aromatic carbocycles. The van der Waals surface area contributed by atoms with E-state index in [2.05, 4.69) is 80.0 Å². The Morgan fingerprint density at radius 3 is 0.739 bits per heavy atom. The molecule has 0 spiro atoms. The zero-order valence-electron chi connectivity index (χ0n) is 24.8. The molecular weight excluding hydrogens is 560 g/mol. The minimum absolute atomic E-state index is 0.921. The van der Waals surface area contributed by atoms with Gasteiger partial charge in [-0.3, -0.25) is 19.9 Å². The molecule has 214 valence electrons. The summed E-state index contributed by atoms with van der Waals surface area (Å²) in [6.45, 7) is 0. The lowest BCUT2D eigenvalue weighted by molar-refractivity contribution is 1.32. The fraction of sp³-hybridized carbons (Fsp3) is 0. The number of hydrogen-bond acceptors (Lipinski definition) is 4. The van der Waals surface area contributed by atoms with Gasteiger partial charge < -0.3 is 0 Å². The van der Waals surface area contributed by atoms with Crippen LogP contribution in [0, 0.1) is 23.7 Å². The van der Waals surface area contributed by atoms with E-state index in [4.69, 9.17) is 0 Å². The second kappa shape index (κ2) is 13.3. The topological polar surface area (TPSA) is 51.6 Å². The molecule has 0 aliphatic carbocycles. The number of nitrogens with zero attached hydrogens (tertiary/aromatic N) is 4. The van der Waals surface area contributed by atoms with Gasteiger partial charge >= 0.3 is 0 Å². The molecular formula is C42H26N4. The molecule has 4 aromatic heterocycles. The van der Waals surface area contributed by atoms with E-state index in [0.717, 1.165) is 66.8 Å². The highest BCUT2D eigenvalue weighted by atomic mass is 14.6. The van der Waals surface area contributed by atoms with Gasteiger partial charge in [-0.25, -0.2) is 0 Å². The number of rotatable bonds is 4. The van der Waals surface area contributed by atoms with Crippen molar-refractivity contribution < 1.29 is 0 Å². The van der Waals surface area contributed by atoms with Gasteiger partial charge in [0, 0.05) is 71.8 Å². The van der Waals surface area contributed by atoms with Crippen molar-refractivity contribution >= 4 is 0 Å². The zero-order valence-corrected chi connectivity index (χ0v) is 24.8. The third-order valence-corrected chi connectivity index (χ3v) is 7.51. The summed E-state index contributed by atoms with van der Waals surface area (Å²) < 4.78 is 0. The highest BCUT2D eigenvalue weighted by Gasteiger charge is 2.06. The van der Waals surface area contributed by atoms with E-state index < -0.39 is 0 Å². The first-order chi connectivity index (χ1) is 22.8. The van der Waals surface area contributed by atoms with E-state index in [0.29, 0.717) is 0 Å². The second-order valence-electron chi connectivity index (χ2n) is 10.6. The van der Waals surface area contributed by atoms with Crippen LogP contribution in [-0.2, 0) is 0 Å². The number of benzene rings is 3. The Kier molecular flexibility index (Phi) is 8.17. The number of aromatic nitrogens is 4. The quantitative estimate of drug-likeness (QED) is 0.194. The summed E-state index contributed by atoms with van der Waals surface area (Å²) >= 11 is 0. The van der Waals surface area contributed by atoms with E-state index in [9.17, 15) is 0 Å².